The third kappa shape index (κ3) is 5.99. The number of pyridine rings is 1. The standard InChI is InChI=1S/C26H31Cl3N2O3/c1-16(34-25-10-8-20(27)12-30-25)21-13-31(14-22(21)19-7-9-23(28)24(29)11-19)26(32)18-5-3-17(4-6-18)15-33-2/h7-12,16-18,21-22H,3-6,13-15H2,1-2H3/t16-,17?,18?,21-,22-/m1/s1. The first kappa shape index (κ1) is 25.6. The number of methoxy groups -OCH3 is 1. The van der Waals surface area contributed by atoms with Crippen LogP contribution in [0.3, 0.4) is 0 Å². The highest BCUT2D eigenvalue weighted by molar-refractivity contribution is 6.42. The smallest absolute Gasteiger partial charge is 0.225 e. The third-order valence-electron chi connectivity index (χ3n) is 7.26. The van der Waals surface area contributed by atoms with Crippen LogP contribution in [0.15, 0.2) is 36.5 Å². The van der Waals surface area contributed by atoms with Crippen molar-refractivity contribution in [3.63, 3.8) is 0 Å². The topological polar surface area (TPSA) is 51.7 Å². The maximum Gasteiger partial charge on any atom is 0.225 e. The molecule has 1 aliphatic carbocycles. The van der Waals surface area contributed by atoms with E-state index in [4.69, 9.17) is 44.3 Å². The van der Waals surface area contributed by atoms with Gasteiger partial charge in [0, 0.05) is 56.8 Å². The van der Waals surface area contributed by atoms with Gasteiger partial charge in [-0.3, -0.25) is 4.79 Å². The first-order chi connectivity index (χ1) is 16.4. The number of benzene rings is 1. The quantitative estimate of drug-likeness (QED) is 0.414. The number of likely N-dealkylation sites (tertiary alicyclic amines) is 1. The minimum atomic E-state index is -0.164. The van der Waals surface area contributed by atoms with Crippen molar-refractivity contribution in [2.24, 2.45) is 17.8 Å². The Morgan fingerprint density at radius 3 is 2.50 bits per heavy atom. The van der Waals surface area contributed by atoms with Gasteiger partial charge in [-0.1, -0.05) is 40.9 Å². The van der Waals surface area contributed by atoms with E-state index < -0.39 is 0 Å². The highest BCUT2D eigenvalue weighted by atomic mass is 35.5. The van der Waals surface area contributed by atoms with Crippen LogP contribution >= 0.6 is 34.8 Å². The summed E-state index contributed by atoms with van der Waals surface area (Å²) >= 11 is 18.5. The minimum absolute atomic E-state index is 0.0791. The van der Waals surface area contributed by atoms with Gasteiger partial charge >= 0.3 is 0 Å². The molecule has 5 nitrogen and oxygen atoms in total. The fraction of sp³-hybridized carbons (Fsp3) is 0.538. The second kappa shape index (κ2) is 11.5. The van der Waals surface area contributed by atoms with Crippen LogP contribution in [0.4, 0.5) is 0 Å². The Balaban J connectivity index is 1.51. The van der Waals surface area contributed by atoms with E-state index in [9.17, 15) is 4.79 Å². The predicted molar refractivity (Wildman–Crippen MR) is 136 cm³/mol. The molecule has 0 unspecified atom stereocenters. The van der Waals surface area contributed by atoms with Gasteiger partial charge in [-0.25, -0.2) is 4.98 Å². The number of hydrogen-bond donors (Lipinski definition) is 0. The first-order valence-corrected chi connectivity index (χ1v) is 13.0. The minimum Gasteiger partial charge on any atom is -0.474 e. The lowest BCUT2D eigenvalue weighted by molar-refractivity contribution is -0.136. The molecule has 1 aromatic heterocycles. The average molecular weight is 526 g/mol. The molecule has 0 spiro atoms. The Morgan fingerprint density at radius 1 is 1.09 bits per heavy atom. The van der Waals surface area contributed by atoms with Gasteiger partial charge in [0.15, 0.2) is 0 Å². The number of ether oxygens (including phenoxy) is 2. The van der Waals surface area contributed by atoms with E-state index in [1.165, 1.54) is 0 Å². The number of nitrogens with zero attached hydrogens (tertiary/aromatic N) is 2. The zero-order valence-corrected chi connectivity index (χ0v) is 21.8. The van der Waals surface area contributed by atoms with E-state index in [1.54, 1.807) is 25.4 Å². The third-order valence-corrected chi connectivity index (χ3v) is 8.22. The number of rotatable bonds is 7. The molecular formula is C26H31Cl3N2O3. The molecule has 1 saturated heterocycles. The van der Waals surface area contributed by atoms with E-state index in [2.05, 4.69) is 4.98 Å². The molecule has 2 aromatic rings. The molecule has 2 heterocycles. The van der Waals surface area contributed by atoms with Crippen LogP contribution in [0.1, 0.15) is 44.1 Å². The number of carbonyl (C=O) groups excluding carboxylic acids is 1. The van der Waals surface area contributed by atoms with Crippen LogP contribution < -0.4 is 4.74 Å². The molecule has 0 radical (unpaired) electrons. The Morgan fingerprint density at radius 2 is 1.85 bits per heavy atom. The summed E-state index contributed by atoms with van der Waals surface area (Å²) in [5.41, 5.74) is 1.07. The van der Waals surface area contributed by atoms with Gasteiger partial charge in [-0.2, -0.15) is 0 Å². The zero-order valence-electron chi connectivity index (χ0n) is 19.6. The normalized spacial score (nSPS) is 25.9. The molecule has 34 heavy (non-hydrogen) atoms. The predicted octanol–water partition coefficient (Wildman–Crippen LogP) is 6.50. The Hall–Kier alpha value is -1.53. The summed E-state index contributed by atoms with van der Waals surface area (Å²) in [6.45, 7) is 4.09. The van der Waals surface area contributed by atoms with Gasteiger partial charge < -0.3 is 14.4 Å². The van der Waals surface area contributed by atoms with Crippen LogP contribution in [0.2, 0.25) is 15.1 Å². The second-order valence-corrected chi connectivity index (χ2v) is 10.7. The number of amides is 1. The van der Waals surface area contributed by atoms with Crippen LogP contribution in [-0.2, 0) is 9.53 Å². The Labute approximate surface area is 216 Å². The summed E-state index contributed by atoms with van der Waals surface area (Å²) in [5, 5.41) is 1.61. The zero-order chi connectivity index (χ0) is 24.2. The molecule has 4 rings (SSSR count). The molecule has 184 valence electrons. The highest BCUT2D eigenvalue weighted by Crippen LogP contribution is 2.40. The van der Waals surface area contributed by atoms with Crippen LogP contribution in [-0.4, -0.2) is 48.7 Å². The van der Waals surface area contributed by atoms with Gasteiger partial charge in [0.05, 0.1) is 15.1 Å². The largest absolute Gasteiger partial charge is 0.474 e. The van der Waals surface area contributed by atoms with Gasteiger partial charge in [-0.05, 0) is 62.3 Å². The molecule has 8 heteroatoms. The number of aromatic nitrogens is 1. The fourth-order valence-electron chi connectivity index (χ4n) is 5.36. The summed E-state index contributed by atoms with van der Waals surface area (Å²) in [4.78, 5) is 19.8. The van der Waals surface area contributed by atoms with E-state index in [1.807, 2.05) is 30.0 Å². The van der Waals surface area contributed by atoms with E-state index in [-0.39, 0.29) is 29.8 Å². The molecule has 1 saturated carbocycles. The van der Waals surface area contributed by atoms with Crippen LogP contribution in [0.25, 0.3) is 0 Å². The molecule has 1 aromatic carbocycles. The average Bonchev–Trinajstić information content (AvgIpc) is 3.28. The Bertz CT molecular complexity index is 980. The van der Waals surface area contributed by atoms with Crippen molar-refractivity contribution in [2.75, 3.05) is 26.8 Å². The molecular weight excluding hydrogens is 495 g/mol. The van der Waals surface area contributed by atoms with Gasteiger partial charge in [0.25, 0.3) is 0 Å². The maximum absolute atomic E-state index is 13.5. The summed E-state index contributed by atoms with van der Waals surface area (Å²) in [5.74, 6) is 1.58. The van der Waals surface area contributed by atoms with E-state index >= 15 is 0 Å². The van der Waals surface area contributed by atoms with Crippen LogP contribution in [0.5, 0.6) is 5.88 Å². The summed E-state index contributed by atoms with van der Waals surface area (Å²) in [7, 11) is 1.74. The van der Waals surface area contributed by atoms with Gasteiger partial charge in [0.1, 0.15) is 6.10 Å². The van der Waals surface area contributed by atoms with Crippen molar-refractivity contribution in [3.05, 3.63) is 57.2 Å². The molecule has 3 atom stereocenters. The lowest BCUT2D eigenvalue weighted by Gasteiger charge is -2.30. The summed E-state index contributed by atoms with van der Waals surface area (Å²) in [6.07, 6.45) is 5.34. The monoisotopic (exact) mass is 524 g/mol. The molecule has 2 aliphatic rings. The second-order valence-electron chi connectivity index (χ2n) is 9.50. The molecule has 1 amide bonds. The van der Waals surface area contributed by atoms with Crippen molar-refractivity contribution < 1.29 is 14.3 Å². The van der Waals surface area contributed by atoms with Crippen LogP contribution in [0, 0.1) is 17.8 Å². The Kier molecular flexibility index (Phi) is 8.62. The number of halogens is 3. The highest BCUT2D eigenvalue weighted by Gasteiger charge is 2.42. The van der Waals surface area contributed by atoms with Crippen molar-refractivity contribution >= 4 is 40.7 Å². The molecule has 0 N–H and O–H groups in total. The van der Waals surface area contributed by atoms with E-state index in [0.29, 0.717) is 40.0 Å². The molecule has 0 bridgehead atoms. The van der Waals surface area contributed by atoms with E-state index in [0.717, 1.165) is 37.9 Å². The summed E-state index contributed by atoms with van der Waals surface area (Å²) in [6, 6.07) is 9.27. The lowest BCUT2D eigenvalue weighted by Crippen LogP contribution is -2.37. The number of hydrogen-bond acceptors (Lipinski definition) is 4. The lowest BCUT2D eigenvalue weighted by atomic mass is 9.81. The molecule has 1 aliphatic heterocycles. The van der Waals surface area contributed by atoms with Crippen molar-refractivity contribution in [1.82, 2.24) is 9.88 Å². The maximum atomic E-state index is 13.5. The van der Waals surface area contributed by atoms with Gasteiger partial charge in [-0.15, -0.1) is 0 Å². The first-order valence-electron chi connectivity index (χ1n) is 11.9. The van der Waals surface area contributed by atoms with Crippen molar-refractivity contribution in [1.29, 1.82) is 0 Å². The van der Waals surface area contributed by atoms with Crippen molar-refractivity contribution in [2.45, 2.75) is 44.6 Å². The number of carbonyl (C=O) groups is 1. The summed E-state index contributed by atoms with van der Waals surface area (Å²) < 4.78 is 11.5. The molecule has 2 fully saturated rings. The van der Waals surface area contributed by atoms with Gasteiger partial charge in [0.2, 0.25) is 11.8 Å². The SMILES string of the molecule is COCC1CCC(C(=O)N2C[C@H]([C@@H](C)Oc3ccc(Cl)cn3)[C@@H](c3ccc(Cl)c(Cl)c3)C2)CC1. The van der Waals surface area contributed by atoms with Crippen molar-refractivity contribution in [3.8, 4) is 5.88 Å². The fourth-order valence-corrected chi connectivity index (χ4v) is 5.78.